The molecule has 28 heavy (non-hydrogen) atoms. The number of halogens is 1. The molecule has 0 radical (unpaired) electrons. The Labute approximate surface area is 164 Å². The van der Waals surface area contributed by atoms with Crippen molar-refractivity contribution in [3.8, 4) is 18.1 Å². The lowest BCUT2D eigenvalue weighted by atomic mass is 10.1. The second-order valence-electron chi connectivity index (χ2n) is 6.14. The number of ether oxygens (including phenoxy) is 1. The third-order valence-electron chi connectivity index (χ3n) is 4.03. The number of rotatable bonds is 7. The van der Waals surface area contributed by atoms with Crippen LogP contribution in [0, 0.1) is 18.2 Å². The van der Waals surface area contributed by atoms with E-state index < -0.39 is 15.9 Å². The highest BCUT2D eigenvalue weighted by Crippen LogP contribution is 2.27. The summed E-state index contributed by atoms with van der Waals surface area (Å²) in [7, 11) is 0.313. The van der Waals surface area contributed by atoms with Gasteiger partial charge in [-0.2, -0.15) is 0 Å². The minimum Gasteiger partial charge on any atom is -0.495 e. The summed E-state index contributed by atoms with van der Waals surface area (Å²) in [4.78, 5) is 14.2. The predicted octanol–water partition coefficient (Wildman–Crippen LogP) is 2.36. The van der Waals surface area contributed by atoms with Crippen molar-refractivity contribution < 1.29 is 22.3 Å². The Morgan fingerprint density at radius 3 is 2.36 bits per heavy atom. The Morgan fingerprint density at radius 2 is 1.82 bits per heavy atom. The van der Waals surface area contributed by atoms with Gasteiger partial charge in [0, 0.05) is 26.2 Å². The minimum atomic E-state index is -3.82. The van der Waals surface area contributed by atoms with E-state index in [0.29, 0.717) is 5.56 Å². The second kappa shape index (κ2) is 8.87. The average Bonchev–Trinajstić information content (AvgIpc) is 2.68. The molecule has 2 aromatic carbocycles. The minimum absolute atomic E-state index is 0.0119. The van der Waals surface area contributed by atoms with Crippen LogP contribution in [0.4, 0.5) is 4.39 Å². The van der Waals surface area contributed by atoms with Gasteiger partial charge in [0.15, 0.2) is 0 Å². The van der Waals surface area contributed by atoms with E-state index in [-0.39, 0.29) is 35.1 Å². The Balaban J connectivity index is 2.42. The molecule has 0 saturated heterocycles. The van der Waals surface area contributed by atoms with E-state index in [1.165, 1.54) is 56.4 Å². The summed E-state index contributed by atoms with van der Waals surface area (Å²) in [6, 6.07) is 9.88. The molecule has 8 heteroatoms. The van der Waals surface area contributed by atoms with Crippen LogP contribution in [-0.4, -0.2) is 51.3 Å². The number of benzene rings is 2. The van der Waals surface area contributed by atoms with Crippen LogP contribution >= 0.6 is 0 Å². The van der Waals surface area contributed by atoms with Crippen LogP contribution in [0.25, 0.3) is 0 Å². The number of terminal acetylenes is 1. The van der Waals surface area contributed by atoms with Gasteiger partial charge >= 0.3 is 0 Å². The molecule has 6 nitrogen and oxygen atoms in total. The molecule has 0 bridgehead atoms. The van der Waals surface area contributed by atoms with Crippen molar-refractivity contribution in [1.82, 2.24) is 9.21 Å². The maximum absolute atomic E-state index is 13.1. The molecule has 0 unspecified atom stereocenters. The second-order valence-corrected chi connectivity index (χ2v) is 8.27. The van der Waals surface area contributed by atoms with Crippen molar-refractivity contribution in [1.29, 1.82) is 0 Å². The molecule has 1 amide bonds. The number of hydrogen-bond donors (Lipinski definition) is 0. The zero-order valence-electron chi connectivity index (χ0n) is 15.8. The molecule has 0 N–H and O–H groups in total. The first-order valence-corrected chi connectivity index (χ1v) is 9.72. The van der Waals surface area contributed by atoms with Gasteiger partial charge in [0.05, 0.1) is 13.7 Å². The summed E-state index contributed by atoms with van der Waals surface area (Å²) in [5.74, 6) is 1.72. The molecule has 2 rings (SSSR count). The van der Waals surface area contributed by atoms with Crippen molar-refractivity contribution in [2.75, 3.05) is 27.7 Å². The average molecular weight is 404 g/mol. The van der Waals surface area contributed by atoms with Gasteiger partial charge in [-0.25, -0.2) is 17.1 Å². The number of amides is 1. The third-order valence-corrected chi connectivity index (χ3v) is 5.86. The molecular formula is C20H21FN2O4S. The predicted molar refractivity (Wildman–Crippen MR) is 104 cm³/mol. The van der Waals surface area contributed by atoms with Crippen molar-refractivity contribution in [2.24, 2.45) is 0 Å². The maximum atomic E-state index is 13.1. The molecule has 0 atom stereocenters. The number of carbonyl (C=O) groups is 1. The van der Waals surface area contributed by atoms with Gasteiger partial charge < -0.3 is 9.64 Å². The summed E-state index contributed by atoms with van der Waals surface area (Å²) in [5.41, 5.74) is 0.846. The first kappa shape index (κ1) is 21.4. The van der Waals surface area contributed by atoms with Crippen LogP contribution in [0.2, 0.25) is 0 Å². The fourth-order valence-corrected chi connectivity index (χ4v) is 3.59. The van der Waals surface area contributed by atoms with E-state index >= 15 is 0 Å². The van der Waals surface area contributed by atoms with Crippen molar-refractivity contribution in [2.45, 2.75) is 11.4 Å². The van der Waals surface area contributed by atoms with Gasteiger partial charge in [-0.3, -0.25) is 4.79 Å². The fraction of sp³-hybridized carbons (Fsp3) is 0.250. The lowest BCUT2D eigenvalue weighted by Gasteiger charge is -2.22. The molecule has 0 spiro atoms. The maximum Gasteiger partial charge on any atom is 0.254 e. The summed E-state index contributed by atoms with van der Waals surface area (Å²) < 4.78 is 44.4. The van der Waals surface area contributed by atoms with Gasteiger partial charge in [-0.1, -0.05) is 18.1 Å². The van der Waals surface area contributed by atoms with Crippen molar-refractivity contribution in [3.05, 3.63) is 59.4 Å². The molecule has 148 valence electrons. The van der Waals surface area contributed by atoms with E-state index in [9.17, 15) is 17.6 Å². The number of hydrogen-bond acceptors (Lipinski definition) is 4. The first-order valence-electron chi connectivity index (χ1n) is 8.28. The molecule has 0 fully saturated rings. The lowest BCUT2D eigenvalue weighted by Crippen LogP contribution is -2.31. The molecule has 0 saturated carbocycles. The van der Waals surface area contributed by atoms with Gasteiger partial charge in [-0.05, 0) is 35.9 Å². The molecule has 2 aromatic rings. The Morgan fingerprint density at radius 1 is 1.18 bits per heavy atom. The largest absolute Gasteiger partial charge is 0.495 e. The van der Waals surface area contributed by atoms with Gasteiger partial charge in [0.1, 0.15) is 16.5 Å². The number of sulfonamides is 1. The van der Waals surface area contributed by atoms with Crippen LogP contribution in [0.15, 0.2) is 47.4 Å². The van der Waals surface area contributed by atoms with Crippen LogP contribution in [-0.2, 0) is 16.6 Å². The van der Waals surface area contributed by atoms with Gasteiger partial charge in [0.2, 0.25) is 10.0 Å². The SMILES string of the molecule is C#CCN(Cc1ccc(F)cc1)C(=O)c1ccc(OC)c(S(=O)(=O)N(C)C)c1. The summed E-state index contributed by atoms with van der Waals surface area (Å²) in [6.07, 6.45) is 5.38. The zero-order valence-corrected chi connectivity index (χ0v) is 16.7. The number of methoxy groups -OCH3 is 1. The standard InChI is InChI=1S/C20H21FN2O4S/c1-5-12-23(14-15-6-9-17(21)10-7-15)20(24)16-8-11-18(27-4)19(13-16)28(25,26)22(2)3/h1,6-11,13H,12,14H2,2-4H3. The summed E-state index contributed by atoms with van der Waals surface area (Å²) >= 11 is 0. The van der Waals surface area contributed by atoms with Gasteiger partial charge in [0.25, 0.3) is 5.91 Å². The summed E-state index contributed by atoms with van der Waals surface area (Å²) in [6.45, 7) is 0.170. The molecule has 0 aliphatic heterocycles. The van der Waals surface area contributed by atoms with E-state index in [4.69, 9.17) is 11.2 Å². The van der Waals surface area contributed by atoms with E-state index in [1.807, 2.05) is 0 Å². The Bertz CT molecular complexity index is 996. The van der Waals surface area contributed by atoms with Gasteiger partial charge in [-0.15, -0.1) is 6.42 Å². The highest BCUT2D eigenvalue weighted by molar-refractivity contribution is 7.89. The quantitative estimate of drug-likeness (QED) is 0.665. The molecule has 0 aromatic heterocycles. The zero-order chi connectivity index (χ0) is 20.9. The fourth-order valence-electron chi connectivity index (χ4n) is 2.51. The molecule has 0 aliphatic carbocycles. The first-order chi connectivity index (χ1) is 13.2. The smallest absolute Gasteiger partial charge is 0.254 e. The van der Waals surface area contributed by atoms with Crippen LogP contribution < -0.4 is 4.74 Å². The van der Waals surface area contributed by atoms with E-state index in [1.54, 1.807) is 12.1 Å². The molecule has 0 heterocycles. The van der Waals surface area contributed by atoms with Crippen LogP contribution in [0.1, 0.15) is 15.9 Å². The number of nitrogens with zero attached hydrogens (tertiary/aromatic N) is 2. The Kier molecular flexibility index (Phi) is 6.78. The van der Waals surface area contributed by atoms with Crippen LogP contribution in [0.3, 0.4) is 0 Å². The van der Waals surface area contributed by atoms with Crippen LogP contribution in [0.5, 0.6) is 5.75 Å². The lowest BCUT2D eigenvalue weighted by molar-refractivity contribution is 0.0765. The summed E-state index contributed by atoms with van der Waals surface area (Å²) in [5, 5.41) is 0. The Hall–Kier alpha value is -2.89. The van der Waals surface area contributed by atoms with E-state index in [0.717, 1.165) is 4.31 Å². The molecule has 0 aliphatic rings. The highest BCUT2D eigenvalue weighted by atomic mass is 32.2. The third kappa shape index (κ3) is 4.68. The van der Waals surface area contributed by atoms with E-state index in [2.05, 4.69) is 5.92 Å². The highest BCUT2D eigenvalue weighted by Gasteiger charge is 2.25. The van der Waals surface area contributed by atoms with Crippen molar-refractivity contribution in [3.63, 3.8) is 0 Å². The normalized spacial score (nSPS) is 11.1. The topological polar surface area (TPSA) is 66.9 Å². The number of carbonyl (C=O) groups excluding carboxylic acids is 1. The monoisotopic (exact) mass is 404 g/mol. The molecular weight excluding hydrogens is 383 g/mol. The van der Waals surface area contributed by atoms with Crippen molar-refractivity contribution >= 4 is 15.9 Å².